The summed E-state index contributed by atoms with van der Waals surface area (Å²) in [6.45, 7) is 8.71. The van der Waals surface area contributed by atoms with E-state index in [1.807, 2.05) is 0 Å². The standard InChI is InChI=1S/C15H30O2/c1-15(2,3)11-7-4-5-8-12-16-14-10-6-9-13-17-14/h14H,4-13H2,1-3H3. The molecular formula is C15H30O2. The van der Waals surface area contributed by atoms with E-state index in [2.05, 4.69) is 20.8 Å². The van der Waals surface area contributed by atoms with Crippen molar-refractivity contribution in [2.75, 3.05) is 13.2 Å². The summed E-state index contributed by atoms with van der Waals surface area (Å²) in [5.41, 5.74) is 0.492. The molecule has 2 heteroatoms. The average molecular weight is 242 g/mol. The third-order valence-electron chi connectivity index (χ3n) is 3.26. The van der Waals surface area contributed by atoms with Gasteiger partial charge in [0.25, 0.3) is 0 Å². The maximum atomic E-state index is 5.71. The second kappa shape index (κ2) is 8.10. The van der Waals surface area contributed by atoms with Gasteiger partial charge in [-0.3, -0.25) is 0 Å². The Morgan fingerprint density at radius 3 is 2.47 bits per heavy atom. The lowest BCUT2D eigenvalue weighted by molar-refractivity contribution is -0.162. The Balaban J connectivity index is 1.84. The van der Waals surface area contributed by atoms with Crippen molar-refractivity contribution in [3.63, 3.8) is 0 Å². The smallest absolute Gasteiger partial charge is 0.157 e. The molecule has 1 unspecified atom stereocenters. The molecule has 102 valence electrons. The molecule has 1 fully saturated rings. The molecule has 0 aromatic carbocycles. The van der Waals surface area contributed by atoms with E-state index < -0.39 is 0 Å². The van der Waals surface area contributed by atoms with Gasteiger partial charge in [-0.15, -0.1) is 0 Å². The first kappa shape index (κ1) is 15.0. The van der Waals surface area contributed by atoms with Gasteiger partial charge in [-0.1, -0.05) is 40.0 Å². The van der Waals surface area contributed by atoms with Crippen LogP contribution in [0.2, 0.25) is 0 Å². The van der Waals surface area contributed by atoms with Gasteiger partial charge in [-0.2, -0.15) is 0 Å². The fraction of sp³-hybridized carbons (Fsp3) is 1.00. The highest BCUT2D eigenvalue weighted by atomic mass is 16.7. The molecule has 1 saturated heterocycles. The zero-order chi connectivity index (χ0) is 12.6. The minimum Gasteiger partial charge on any atom is -0.353 e. The summed E-state index contributed by atoms with van der Waals surface area (Å²) in [7, 11) is 0. The van der Waals surface area contributed by atoms with Crippen molar-refractivity contribution in [3.8, 4) is 0 Å². The summed E-state index contributed by atoms with van der Waals surface area (Å²) < 4.78 is 11.2. The maximum absolute atomic E-state index is 5.71. The van der Waals surface area contributed by atoms with Gasteiger partial charge in [0.1, 0.15) is 0 Å². The maximum Gasteiger partial charge on any atom is 0.157 e. The van der Waals surface area contributed by atoms with Gasteiger partial charge in [0.15, 0.2) is 6.29 Å². The minimum absolute atomic E-state index is 0.0957. The number of ether oxygens (including phenoxy) is 2. The molecule has 1 rings (SSSR count). The normalized spacial score (nSPS) is 21.7. The molecule has 0 radical (unpaired) electrons. The van der Waals surface area contributed by atoms with Gasteiger partial charge in [0.2, 0.25) is 0 Å². The van der Waals surface area contributed by atoms with Gasteiger partial charge >= 0.3 is 0 Å². The first-order valence-corrected chi connectivity index (χ1v) is 7.31. The van der Waals surface area contributed by atoms with Crippen molar-refractivity contribution in [1.29, 1.82) is 0 Å². The first-order chi connectivity index (χ1) is 8.08. The molecule has 17 heavy (non-hydrogen) atoms. The molecule has 0 aromatic rings. The van der Waals surface area contributed by atoms with Crippen molar-refractivity contribution >= 4 is 0 Å². The monoisotopic (exact) mass is 242 g/mol. The van der Waals surface area contributed by atoms with Crippen LogP contribution in [0.4, 0.5) is 0 Å². The third-order valence-corrected chi connectivity index (χ3v) is 3.26. The van der Waals surface area contributed by atoms with E-state index in [1.54, 1.807) is 0 Å². The van der Waals surface area contributed by atoms with E-state index in [1.165, 1.54) is 44.9 Å². The quantitative estimate of drug-likeness (QED) is 0.611. The lowest BCUT2D eigenvalue weighted by Crippen LogP contribution is -2.22. The predicted octanol–water partition coefficient (Wildman–Crippen LogP) is 4.53. The molecule has 0 spiro atoms. The Morgan fingerprint density at radius 2 is 1.82 bits per heavy atom. The van der Waals surface area contributed by atoms with Gasteiger partial charge in [0.05, 0.1) is 0 Å². The van der Waals surface area contributed by atoms with Crippen LogP contribution in [-0.2, 0) is 9.47 Å². The largest absolute Gasteiger partial charge is 0.353 e. The highest BCUT2D eigenvalue weighted by molar-refractivity contribution is 4.61. The Hall–Kier alpha value is -0.0800. The summed E-state index contributed by atoms with van der Waals surface area (Å²) in [6, 6.07) is 0. The van der Waals surface area contributed by atoms with E-state index in [0.29, 0.717) is 5.41 Å². The molecule has 1 aliphatic rings. The molecule has 0 saturated carbocycles. The van der Waals surface area contributed by atoms with Crippen LogP contribution in [0.1, 0.15) is 72.1 Å². The topological polar surface area (TPSA) is 18.5 Å². The van der Waals surface area contributed by atoms with Crippen molar-refractivity contribution < 1.29 is 9.47 Å². The molecule has 0 amide bonds. The molecule has 0 bridgehead atoms. The zero-order valence-electron chi connectivity index (χ0n) is 12.0. The number of hydrogen-bond donors (Lipinski definition) is 0. The minimum atomic E-state index is 0.0957. The van der Waals surface area contributed by atoms with E-state index in [4.69, 9.17) is 9.47 Å². The second-order valence-electron chi connectivity index (χ2n) is 6.39. The number of hydrogen-bond acceptors (Lipinski definition) is 2. The molecule has 1 aliphatic heterocycles. The van der Waals surface area contributed by atoms with Crippen LogP contribution in [0.25, 0.3) is 0 Å². The van der Waals surface area contributed by atoms with Gasteiger partial charge < -0.3 is 9.47 Å². The van der Waals surface area contributed by atoms with E-state index in [0.717, 1.165) is 19.6 Å². The molecule has 1 atom stereocenters. The summed E-state index contributed by atoms with van der Waals surface area (Å²) in [5.74, 6) is 0. The van der Waals surface area contributed by atoms with Crippen molar-refractivity contribution in [3.05, 3.63) is 0 Å². The summed E-state index contributed by atoms with van der Waals surface area (Å²) in [5, 5.41) is 0. The van der Waals surface area contributed by atoms with Gasteiger partial charge in [-0.25, -0.2) is 0 Å². The zero-order valence-corrected chi connectivity index (χ0v) is 12.0. The highest BCUT2D eigenvalue weighted by Gasteiger charge is 2.13. The Kier molecular flexibility index (Phi) is 7.14. The molecule has 1 heterocycles. The van der Waals surface area contributed by atoms with Crippen LogP contribution in [0.5, 0.6) is 0 Å². The van der Waals surface area contributed by atoms with Crippen molar-refractivity contribution in [2.24, 2.45) is 5.41 Å². The highest BCUT2D eigenvalue weighted by Crippen LogP contribution is 2.22. The molecule has 0 aliphatic carbocycles. The summed E-state index contributed by atoms with van der Waals surface area (Å²) >= 11 is 0. The lowest BCUT2D eigenvalue weighted by Gasteiger charge is -2.22. The van der Waals surface area contributed by atoms with Crippen molar-refractivity contribution in [2.45, 2.75) is 78.4 Å². The van der Waals surface area contributed by atoms with E-state index in [9.17, 15) is 0 Å². The fourth-order valence-corrected chi connectivity index (χ4v) is 2.17. The number of rotatable bonds is 7. The van der Waals surface area contributed by atoms with Crippen LogP contribution in [-0.4, -0.2) is 19.5 Å². The third kappa shape index (κ3) is 8.62. The van der Waals surface area contributed by atoms with E-state index >= 15 is 0 Å². The van der Waals surface area contributed by atoms with Crippen LogP contribution < -0.4 is 0 Å². The lowest BCUT2D eigenvalue weighted by atomic mass is 9.89. The molecule has 0 N–H and O–H groups in total. The van der Waals surface area contributed by atoms with Crippen LogP contribution in [0, 0.1) is 5.41 Å². The molecule has 0 aromatic heterocycles. The predicted molar refractivity (Wildman–Crippen MR) is 72.1 cm³/mol. The SMILES string of the molecule is CC(C)(C)CCCCCCOC1CCCCO1. The van der Waals surface area contributed by atoms with Gasteiger partial charge in [-0.05, 0) is 37.5 Å². The fourth-order valence-electron chi connectivity index (χ4n) is 2.17. The van der Waals surface area contributed by atoms with Crippen LogP contribution in [0.3, 0.4) is 0 Å². The van der Waals surface area contributed by atoms with E-state index in [-0.39, 0.29) is 6.29 Å². The molecular weight excluding hydrogens is 212 g/mol. The van der Waals surface area contributed by atoms with Crippen molar-refractivity contribution in [1.82, 2.24) is 0 Å². The Labute approximate surface area is 107 Å². The number of unbranched alkanes of at least 4 members (excludes halogenated alkanes) is 3. The van der Waals surface area contributed by atoms with Crippen LogP contribution in [0.15, 0.2) is 0 Å². The van der Waals surface area contributed by atoms with Gasteiger partial charge in [0, 0.05) is 13.2 Å². The first-order valence-electron chi connectivity index (χ1n) is 7.31. The summed E-state index contributed by atoms with van der Waals surface area (Å²) in [4.78, 5) is 0. The molecule has 2 nitrogen and oxygen atoms in total. The average Bonchev–Trinajstić information content (AvgIpc) is 2.28. The Morgan fingerprint density at radius 1 is 1.06 bits per heavy atom. The second-order valence-corrected chi connectivity index (χ2v) is 6.39. The summed E-state index contributed by atoms with van der Waals surface area (Å²) in [6.07, 6.45) is 10.1. The Bertz CT molecular complexity index is 178. The van der Waals surface area contributed by atoms with Crippen LogP contribution >= 0.6 is 0 Å².